The standard InChI is InChI=1S/C25H29N3O6/c1-18(19-9-11-22(23(17-19)32-3)34-16-15-31-2)26-25(30)21-10-12-24(29)28(27-21)13-14-33-20-7-5-4-6-8-20/h4-12,17-18H,13-16H2,1-3H3,(H,26,30). The van der Waals surface area contributed by atoms with Crippen molar-refractivity contribution in [2.45, 2.75) is 19.5 Å². The van der Waals surface area contributed by atoms with Gasteiger partial charge in [0.25, 0.3) is 11.5 Å². The molecular weight excluding hydrogens is 438 g/mol. The van der Waals surface area contributed by atoms with E-state index in [1.807, 2.05) is 49.4 Å². The summed E-state index contributed by atoms with van der Waals surface area (Å²) in [6, 6.07) is 17.1. The number of nitrogens with zero attached hydrogens (tertiary/aromatic N) is 2. The van der Waals surface area contributed by atoms with Crippen LogP contribution in [0.5, 0.6) is 17.2 Å². The van der Waals surface area contributed by atoms with E-state index in [1.165, 1.54) is 16.8 Å². The number of amides is 1. The molecule has 3 rings (SSSR count). The zero-order valence-corrected chi connectivity index (χ0v) is 19.5. The number of carbonyl (C=O) groups is 1. The van der Waals surface area contributed by atoms with E-state index in [1.54, 1.807) is 20.3 Å². The van der Waals surface area contributed by atoms with Crippen LogP contribution < -0.4 is 25.1 Å². The molecule has 1 unspecified atom stereocenters. The average Bonchev–Trinajstić information content (AvgIpc) is 2.86. The molecule has 180 valence electrons. The van der Waals surface area contributed by atoms with Gasteiger partial charge in [0.1, 0.15) is 24.7 Å². The van der Waals surface area contributed by atoms with Gasteiger partial charge in [-0.15, -0.1) is 0 Å². The summed E-state index contributed by atoms with van der Waals surface area (Å²) in [5.74, 6) is 1.45. The van der Waals surface area contributed by atoms with Crippen molar-refractivity contribution >= 4 is 5.91 Å². The van der Waals surface area contributed by atoms with Crippen molar-refractivity contribution in [2.75, 3.05) is 34.0 Å². The number of benzene rings is 2. The normalized spacial score (nSPS) is 11.5. The maximum atomic E-state index is 12.8. The topological polar surface area (TPSA) is 101 Å². The van der Waals surface area contributed by atoms with Crippen LogP contribution in [-0.2, 0) is 11.3 Å². The van der Waals surface area contributed by atoms with Gasteiger partial charge in [0.05, 0.1) is 26.3 Å². The second-order valence-corrected chi connectivity index (χ2v) is 7.39. The molecule has 1 atom stereocenters. The molecule has 0 saturated carbocycles. The molecule has 0 aliphatic carbocycles. The Morgan fingerprint density at radius 2 is 1.76 bits per heavy atom. The van der Waals surface area contributed by atoms with E-state index >= 15 is 0 Å². The van der Waals surface area contributed by atoms with Gasteiger partial charge >= 0.3 is 0 Å². The van der Waals surface area contributed by atoms with Crippen LogP contribution in [0.3, 0.4) is 0 Å². The van der Waals surface area contributed by atoms with Crippen LogP contribution in [0, 0.1) is 0 Å². The van der Waals surface area contributed by atoms with E-state index in [-0.39, 0.29) is 30.4 Å². The van der Waals surface area contributed by atoms with E-state index in [2.05, 4.69) is 10.4 Å². The van der Waals surface area contributed by atoms with Crippen molar-refractivity contribution in [3.05, 3.63) is 82.3 Å². The lowest BCUT2D eigenvalue weighted by molar-refractivity contribution is 0.0931. The van der Waals surface area contributed by atoms with Gasteiger partial charge in [-0.1, -0.05) is 24.3 Å². The maximum Gasteiger partial charge on any atom is 0.272 e. The monoisotopic (exact) mass is 467 g/mol. The first-order chi connectivity index (χ1) is 16.5. The Morgan fingerprint density at radius 3 is 2.50 bits per heavy atom. The third kappa shape index (κ3) is 6.82. The number of nitrogens with one attached hydrogen (secondary N) is 1. The first kappa shape index (κ1) is 24.8. The lowest BCUT2D eigenvalue weighted by Crippen LogP contribution is -2.32. The molecule has 9 heteroatoms. The number of hydrogen-bond acceptors (Lipinski definition) is 7. The van der Waals surface area contributed by atoms with Gasteiger partial charge in [0.2, 0.25) is 0 Å². The first-order valence-corrected chi connectivity index (χ1v) is 10.9. The van der Waals surface area contributed by atoms with Crippen LogP contribution in [0.2, 0.25) is 0 Å². The van der Waals surface area contributed by atoms with Crippen molar-refractivity contribution in [1.82, 2.24) is 15.1 Å². The van der Waals surface area contributed by atoms with Crippen molar-refractivity contribution in [1.29, 1.82) is 0 Å². The smallest absolute Gasteiger partial charge is 0.272 e. The maximum absolute atomic E-state index is 12.8. The van der Waals surface area contributed by atoms with E-state index in [9.17, 15) is 9.59 Å². The molecule has 1 aromatic heterocycles. The molecule has 0 bridgehead atoms. The van der Waals surface area contributed by atoms with E-state index in [0.29, 0.717) is 30.5 Å². The highest BCUT2D eigenvalue weighted by Gasteiger charge is 2.16. The molecule has 1 amide bonds. The number of carbonyl (C=O) groups excluding carboxylic acids is 1. The van der Waals surface area contributed by atoms with Crippen LogP contribution in [-0.4, -0.2) is 49.7 Å². The van der Waals surface area contributed by atoms with Crippen LogP contribution in [0.1, 0.15) is 29.0 Å². The predicted molar refractivity (Wildman–Crippen MR) is 127 cm³/mol. The Balaban J connectivity index is 1.63. The molecule has 3 aromatic rings. The lowest BCUT2D eigenvalue weighted by Gasteiger charge is -2.17. The number of ether oxygens (including phenoxy) is 4. The summed E-state index contributed by atoms with van der Waals surface area (Å²) in [5, 5.41) is 7.10. The van der Waals surface area contributed by atoms with Gasteiger partial charge in [-0.2, -0.15) is 5.10 Å². The van der Waals surface area contributed by atoms with Crippen molar-refractivity contribution in [3.63, 3.8) is 0 Å². The molecule has 34 heavy (non-hydrogen) atoms. The largest absolute Gasteiger partial charge is 0.493 e. The third-order valence-electron chi connectivity index (χ3n) is 4.99. The Hall–Kier alpha value is -3.85. The molecule has 0 aliphatic rings. The zero-order valence-electron chi connectivity index (χ0n) is 19.5. The molecule has 2 aromatic carbocycles. The molecule has 0 fully saturated rings. The van der Waals surface area contributed by atoms with Gasteiger partial charge in [-0.3, -0.25) is 9.59 Å². The highest BCUT2D eigenvalue weighted by Crippen LogP contribution is 2.30. The molecule has 1 heterocycles. The molecule has 9 nitrogen and oxygen atoms in total. The van der Waals surface area contributed by atoms with Gasteiger partial charge in [0.15, 0.2) is 11.5 Å². The number of rotatable bonds is 12. The molecule has 1 N–H and O–H groups in total. The summed E-state index contributed by atoms with van der Waals surface area (Å²) < 4.78 is 22.9. The molecule has 0 saturated heterocycles. The molecule has 0 radical (unpaired) electrons. The highest BCUT2D eigenvalue weighted by molar-refractivity contribution is 5.92. The van der Waals surface area contributed by atoms with Crippen LogP contribution in [0.4, 0.5) is 0 Å². The van der Waals surface area contributed by atoms with Crippen LogP contribution in [0.25, 0.3) is 0 Å². The Bertz CT molecular complexity index is 1130. The minimum atomic E-state index is -0.399. The van der Waals surface area contributed by atoms with Gasteiger partial charge in [-0.25, -0.2) is 4.68 Å². The summed E-state index contributed by atoms with van der Waals surface area (Å²) in [6.45, 7) is 3.17. The minimum Gasteiger partial charge on any atom is -0.493 e. The molecule has 0 aliphatic heterocycles. The van der Waals surface area contributed by atoms with Gasteiger partial charge < -0.3 is 24.3 Å². The average molecular weight is 468 g/mol. The van der Waals surface area contributed by atoms with E-state index < -0.39 is 5.91 Å². The Morgan fingerprint density at radius 1 is 0.971 bits per heavy atom. The fourth-order valence-corrected chi connectivity index (χ4v) is 3.16. The summed E-state index contributed by atoms with van der Waals surface area (Å²) >= 11 is 0. The fraction of sp³-hybridized carbons (Fsp3) is 0.320. The lowest BCUT2D eigenvalue weighted by atomic mass is 10.1. The summed E-state index contributed by atoms with van der Waals surface area (Å²) in [6.07, 6.45) is 0. The SMILES string of the molecule is COCCOc1ccc(C(C)NC(=O)c2ccc(=O)n(CCOc3ccccc3)n2)cc1OC. The first-order valence-electron chi connectivity index (χ1n) is 10.9. The quantitative estimate of drug-likeness (QED) is 0.409. The second kappa shape index (κ2) is 12.4. The second-order valence-electron chi connectivity index (χ2n) is 7.39. The molecular formula is C25H29N3O6. The molecule has 0 spiro atoms. The zero-order chi connectivity index (χ0) is 24.3. The van der Waals surface area contributed by atoms with Gasteiger partial charge in [-0.05, 0) is 42.8 Å². The Kier molecular flexibility index (Phi) is 9.04. The number of hydrogen-bond donors (Lipinski definition) is 1. The number of methoxy groups -OCH3 is 2. The van der Waals surface area contributed by atoms with Crippen LogP contribution in [0.15, 0.2) is 65.5 Å². The van der Waals surface area contributed by atoms with Crippen molar-refractivity contribution in [2.24, 2.45) is 0 Å². The number of aromatic nitrogens is 2. The van der Waals surface area contributed by atoms with E-state index in [4.69, 9.17) is 18.9 Å². The third-order valence-corrected chi connectivity index (χ3v) is 4.99. The van der Waals surface area contributed by atoms with Crippen LogP contribution >= 0.6 is 0 Å². The van der Waals surface area contributed by atoms with Crippen molar-refractivity contribution in [3.8, 4) is 17.2 Å². The fourth-order valence-electron chi connectivity index (χ4n) is 3.16. The van der Waals surface area contributed by atoms with Gasteiger partial charge in [0, 0.05) is 13.2 Å². The summed E-state index contributed by atoms with van der Waals surface area (Å²) in [4.78, 5) is 24.9. The van der Waals surface area contributed by atoms with Crippen molar-refractivity contribution < 1.29 is 23.7 Å². The minimum absolute atomic E-state index is 0.137. The summed E-state index contributed by atoms with van der Waals surface area (Å²) in [7, 11) is 3.16. The Labute approximate surface area is 198 Å². The predicted octanol–water partition coefficient (Wildman–Crippen LogP) is 2.85. The highest BCUT2D eigenvalue weighted by atomic mass is 16.5. The summed E-state index contributed by atoms with van der Waals surface area (Å²) in [5.41, 5.74) is 0.654. The number of para-hydroxylation sites is 1. The van der Waals surface area contributed by atoms with E-state index in [0.717, 1.165) is 5.56 Å².